The summed E-state index contributed by atoms with van der Waals surface area (Å²) in [6.07, 6.45) is 10.8. The number of rotatable bonds is 12. The maximum absolute atomic E-state index is 5.84. The van der Waals surface area contributed by atoms with Gasteiger partial charge in [0.25, 0.3) is 0 Å². The molecule has 0 aromatic carbocycles. The minimum Gasteiger partial charge on any atom is -1.00 e. The van der Waals surface area contributed by atoms with Gasteiger partial charge in [-0.3, -0.25) is 0 Å². The van der Waals surface area contributed by atoms with Crippen LogP contribution >= 0.6 is 11.6 Å². The van der Waals surface area contributed by atoms with E-state index in [4.69, 9.17) is 11.6 Å². The minimum absolute atomic E-state index is 0. The second-order valence-electron chi connectivity index (χ2n) is 5.60. The Morgan fingerprint density at radius 2 is 1.17 bits per heavy atom. The van der Waals surface area contributed by atoms with Crippen LogP contribution in [0.25, 0.3) is 0 Å². The van der Waals surface area contributed by atoms with E-state index in [0.29, 0.717) is 0 Å². The standard InChI is InChI=1S/C15H33ClN.BrH/c1-4-6-8-10-14-17(3,15-11-12-16)13-9-7-5-2;/h4-15H2,1-3H3;1H/q+1;/p-1. The summed E-state index contributed by atoms with van der Waals surface area (Å²) in [7, 11) is 2.42. The first-order chi connectivity index (χ1) is 8.18. The van der Waals surface area contributed by atoms with E-state index in [1.54, 1.807) is 0 Å². The van der Waals surface area contributed by atoms with E-state index in [1.165, 1.54) is 69.1 Å². The first-order valence-electron chi connectivity index (χ1n) is 7.58. The molecule has 1 atom stereocenters. The molecule has 0 saturated carbocycles. The molecule has 0 saturated heterocycles. The maximum Gasteiger partial charge on any atom is 0.0796 e. The number of nitrogens with zero attached hydrogens (tertiary/aromatic N) is 1. The Morgan fingerprint density at radius 3 is 1.67 bits per heavy atom. The Hall–Kier alpha value is 0.730. The third-order valence-corrected chi connectivity index (χ3v) is 3.95. The predicted molar refractivity (Wildman–Crippen MR) is 79.8 cm³/mol. The number of halogens is 2. The Labute approximate surface area is 131 Å². The summed E-state index contributed by atoms with van der Waals surface area (Å²) < 4.78 is 1.25. The monoisotopic (exact) mass is 341 g/mol. The molecule has 0 spiro atoms. The molecule has 0 aliphatic heterocycles. The molecule has 0 aromatic heterocycles. The molecule has 18 heavy (non-hydrogen) atoms. The second kappa shape index (κ2) is 14.1. The van der Waals surface area contributed by atoms with Gasteiger partial charge in [-0.25, -0.2) is 0 Å². The van der Waals surface area contributed by atoms with Crippen LogP contribution in [0.1, 0.15) is 65.2 Å². The Bertz CT molecular complexity index is 167. The van der Waals surface area contributed by atoms with Crippen LogP contribution in [0.5, 0.6) is 0 Å². The van der Waals surface area contributed by atoms with E-state index in [-0.39, 0.29) is 17.0 Å². The molecule has 112 valence electrons. The largest absolute Gasteiger partial charge is 1.00 e. The molecule has 0 radical (unpaired) electrons. The highest BCUT2D eigenvalue weighted by Crippen LogP contribution is 2.12. The topological polar surface area (TPSA) is 0 Å². The zero-order chi connectivity index (χ0) is 13.0. The van der Waals surface area contributed by atoms with Gasteiger partial charge in [-0.05, 0) is 25.7 Å². The molecule has 0 amide bonds. The van der Waals surface area contributed by atoms with Crippen molar-refractivity contribution in [3.8, 4) is 0 Å². The van der Waals surface area contributed by atoms with Crippen molar-refractivity contribution in [3.05, 3.63) is 0 Å². The second-order valence-corrected chi connectivity index (χ2v) is 5.98. The van der Waals surface area contributed by atoms with Crippen LogP contribution in [-0.2, 0) is 0 Å². The molecule has 0 bridgehead atoms. The quantitative estimate of drug-likeness (QED) is 0.288. The van der Waals surface area contributed by atoms with Crippen LogP contribution in [-0.4, -0.2) is 37.0 Å². The average molecular weight is 343 g/mol. The van der Waals surface area contributed by atoms with Crippen LogP contribution < -0.4 is 17.0 Å². The van der Waals surface area contributed by atoms with E-state index < -0.39 is 0 Å². The molecular weight excluding hydrogens is 310 g/mol. The average Bonchev–Trinajstić information content (AvgIpc) is 2.33. The maximum atomic E-state index is 5.84. The van der Waals surface area contributed by atoms with Gasteiger partial charge >= 0.3 is 0 Å². The van der Waals surface area contributed by atoms with Gasteiger partial charge in [0, 0.05) is 12.3 Å². The van der Waals surface area contributed by atoms with Gasteiger partial charge < -0.3 is 21.5 Å². The molecule has 0 N–H and O–H groups in total. The number of unbranched alkanes of at least 4 members (excludes halogenated alkanes) is 5. The minimum atomic E-state index is 0. The first-order valence-corrected chi connectivity index (χ1v) is 8.11. The summed E-state index contributed by atoms with van der Waals surface area (Å²) in [5, 5.41) is 0. The van der Waals surface area contributed by atoms with Gasteiger partial charge in [0.15, 0.2) is 0 Å². The van der Waals surface area contributed by atoms with Crippen molar-refractivity contribution in [3.63, 3.8) is 0 Å². The smallest absolute Gasteiger partial charge is 0.0796 e. The van der Waals surface area contributed by atoms with E-state index in [0.717, 1.165) is 12.3 Å². The number of hydrogen-bond acceptors (Lipinski definition) is 0. The predicted octanol–water partition coefficient (Wildman–Crippen LogP) is 1.84. The third kappa shape index (κ3) is 11.8. The molecule has 0 aliphatic rings. The van der Waals surface area contributed by atoms with Gasteiger partial charge in [-0.1, -0.05) is 33.1 Å². The summed E-state index contributed by atoms with van der Waals surface area (Å²) in [5.41, 5.74) is 0. The first kappa shape index (κ1) is 21.0. The van der Waals surface area contributed by atoms with E-state index in [2.05, 4.69) is 20.9 Å². The van der Waals surface area contributed by atoms with Gasteiger partial charge in [0.05, 0.1) is 26.7 Å². The van der Waals surface area contributed by atoms with Crippen molar-refractivity contribution >= 4 is 11.6 Å². The Balaban J connectivity index is 0. The van der Waals surface area contributed by atoms with Gasteiger partial charge in [-0.15, -0.1) is 11.6 Å². The molecule has 0 heterocycles. The molecular formula is C15H33BrClN. The van der Waals surface area contributed by atoms with E-state index in [9.17, 15) is 0 Å². The fraction of sp³-hybridized carbons (Fsp3) is 1.00. The summed E-state index contributed by atoms with van der Waals surface area (Å²) in [6, 6.07) is 0. The van der Waals surface area contributed by atoms with Crippen molar-refractivity contribution in [1.82, 2.24) is 0 Å². The molecule has 0 aromatic rings. The Kier molecular flexibility index (Phi) is 16.5. The van der Waals surface area contributed by atoms with Crippen molar-refractivity contribution < 1.29 is 21.5 Å². The van der Waals surface area contributed by atoms with Crippen molar-refractivity contribution in [2.75, 3.05) is 32.6 Å². The highest BCUT2D eigenvalue weighted by molar-refractivity contribution is 6.17. The number of hydrogen-bond donors (Lipinski definition) is 0. The van der Waals surface area contributed by atoms with Gasteiger partial charge in [-0.2, -0.15) is 0 Å². The summed E-state index contributed by atoms with van der Waals surface area (Å²) in [5.74, 6) is 0.816. The lowest BCUT2D eigenvalue weighted by Gasteiger charge is -2.35. The number of alkyl halides is 1. The molecule has 3 heteroatoms. The van der Waals surface area contributed by atoms with E-state index in [1.807, 2.05) is 0 Å². The number of quaternary nitrogens is 1. The fourth-order valence-corrected chi connectivity index (χ4v) is 2.56. The van der Waals surface area contributed by atoms with Crippen molar-refractivity contribution in [2.45, 2.75) is 65.2 Å². The summed E-state index contributed by atoms with van der Waals surface area (Å²) in [4.78, 5) is 0. The zero-order valence-corrected chi connectivity index (χ0v) is 15.0. The highest BCUT2D eigenvalue weighted by Gasteiger charge is 2.19. The molecule has 0 rings (SSSR count). The van der Waals surface area contributed by atoms with Crippen LogP contribution in [0.15, 0.2) is 0 Å². The van der Waals surface area contributed by atoms with E-state index >= 15 is 0 Å². The SMILES string of the molecule is CCCCCC[N+](C)(CCCCl)CCCCC.[Br-]. The Morgan fingerprint density at radius 1 is 0.722 bits per heavy atom. The lowest BCUT2D eigenvalue weighted by molar-refractivity contribution is -0.910. The summed E-state index contributed by atoms with van der Waals surface area (Å²) >= 11 is 5.84. The third-order valence-electron chi connectivity index (χ3n) is 3.68. The lowest BCUT2D eigenvalue weighted by atomic mass is 10.1. The molecule has 1 unspecified atom stereocenters. The fourth-order valence-electron chi connectivity index (χ4n) is 2.44. The normalized spacial score (nSPS) is 14.0. The lowest BCUT2D eigenvalue weighted by Crippen LogP contribution is -3.00. The van der Waals surface area contributed by atoms with Crippen molar-refractivity contribution in [1.29, 1.82) is 0 Å². The zero-order valence-electron chi connectivity index (χ0n) is 12.7. The van der Waals surface area contributed by atoms with Crippen LogP contribution in [0, 0.1) is 0 Å². The van der Waals surface area contributed by atoms with Gasteiger partial charge in [0.1, 0.15) is 0 Å². The molecule has 0 fully saturated rings. The van der Waals surface area contributed by atoms with Gasteiger partial charge in [0.2, 0.25) is 0 Å². The highest BCUT2D eigenvalue weighted by atomic mass is 79.9. The van der Waals surface area contributed by atoms with Crippen molar-refractivity contribution in [2.24, 2.45) is 0 Å². The van der Waals surface area contributed by atoms with Crippen LogP contribution in [0.4, 0.5) is 0 Å². The van der Waals surface area contributed by atoms with Crippen LogP contribution in [0.3, 0.4) is 0 Å². The van der Waals surface area contributed by atoms with Crippen LogP contribution in [0.2, 0.25) is 0 Å². The summed E-state index contributed by atoms with van der Waals surface area (Å²) in [6.45, 7) is 8.52. The molecule has 0 aliphatic carbocycles. The molecule has 1 nitrogen and oxygen atoms in total.